The van der Waals surface area contributed by atoms with E-state index >= 15 is 0 Å². The molecule has 61 heavy (non-hydrogen) atoms. The molecule has 320 valence electrons. The van der Waals surface area contributed by atoms with E-state index in [2.05, 4.69) is 42.6 Å². The van der Waals surface area contributed by atoms with Gasteiger partial charge in [0.1, 0.15) is 17.4 Å². The molecular weight excluding hydrogens is 948 g/mol. The van der Waals surface area contributed by atoms with Gasteiger partial charge >= 0.3 is 45.5 Å². The number of aryl methyl sites for hydroxylation is 1. The predicted octanol–water partition coefficient (Wildman–Crippen LogP) is 11.5. The first-order chi connectivity index (χ1) is 28.1. The molecule has 7 rings (SSSR count). The molecule has 0 unspecified atom stereocenters. The first kappa shape index (κ1) is 50.2. The third-order valence-corrected chi connectivity index (χ3v) is 11.9. The van der Waals surface area contributed by atoms with Crippen LogP contribution in [0.4, 0.5) is 40.6 Å². The summed E-state index contributed by atoms with van der Waals surface area (Å²) in [5.41, 5.74) is 5.13. The quantitative estimate of drug-likeness (QED) is 0.0686. The molecule has 0 aliphatic carbocycles. The molecule has 2 fully saturated rings. The third-order valence-electron chi connectivity index (χ3n) is 10.4. The smallest absolute Gasteiger partial charge is 0.464 e. The van der Waals surface area contributed by atoms with Gasteiger partial charge in [-0.05, 0) is 96.8 Å². The Morgan fingerprint density at radius 3 is 1.93 bits per heavy atom. The summed E-state index contributed by atoms with van der Waals surface area (Å²) in [5, 5.41) is 5.80. The van der Waals surface area contributed by atoms with E-state index in [9.17, 15) is 27.2 Å². The number of nitrogens with zero attached hydrogens (tertiary/aromatic N) is 4. The van der Waals surface area contributed by atoms with E-state index in [4.69, 9.17) is 4.42 Å². The van der Waals surface area contributed by atoms with E-state index in [0.29, 0.717) is 81.4 Å². The molecule has 2 saturated heterocycles. The van der Waals surface area contributed by atoms with Gasteiger partial charge in [0.2, 0.25) is 17.8 Å². The number of pyridine rings is 2. The van der Waals surface area contributed by atoms with Gasteiger partial charge in [-0.1, -0.05) is 11.8 Å². The van der Waals surface area contributed by atoms with Crippen molar-refractivity contribution in [3.63, 3.8) is 0 Å². The number of benzene rings is 2. The Morgan fingerprint density at radius 1 is 0.803 bits per heavy atom. The second kappa shape index (κ2) is 22.3. The van der Waals surface area contributed by atoms with Crippen molar-refractivity contribution in [1.82, 2.24) is 9.97 Å². The summed E-state index contributed by atoms with van der Waals surface area (Å²) >= 11 is 5.02. The van der Waals surface area contributed by atoms with E-state index in [0.717, 1.165) is 16.0 Å². The van der Waals surface area contributed by atoms with Gasteiger partial charge in [-0.2, -0.15) is 24.3 Å². The standard InChI is InChI=1S/C24H24F2N3O2.C20H22BrF2N3OS.CH3.Sr/c1-16-13-20(31-15-16)19-14-27-22(29-11-6-9-24(25,26)10-12-29)21(17(19)2)23(30)28-18-7-4-3-5-8-18;1-13-16(21)12-24-18(26-9-4-7-20(22,23)8-10-26)17(13)19(27)25-14-5-3-6-15(11-14)28-2;;/h3-4,7-8,13-15H,6,9-12H2,1-2H3,(H,28,30);3,5-6,11-12H,4,7-10H2,1-2H3,(H,25,27);1H3;/q-1;;-1;+2. The van der Waals surface area contributed by atoms with E-state index in [1.165, 1.54) is 0 Å². The Kier molecular flexibility index (Phi) is 18.4. The van der Waals surface area contributed by atoms with Gasteiger partial charge in [0.05, 0.1) is 17.4 Å². The summed E-state index contributed by atoms with van der Waals surface area (Å²) in [6, 6.07) is 19.3. The number of furan rings is 1. The number of rotatable bonds is 8. The summed E-state index contributed by atoms with van der Waals surface area (Å²) in [5.74, 6) is -4.52. The molecule has 3 aromatic heterocycles. The van der Waals surface area contributed by atoms with E-state index < -0.39 is 11.8 Å². The van der Waals surface area contributed by atoms with Crippen molar-refractivity contribution in [3.05, 3.63) is 119 Å². The van der Waals surface area contributed by atoms with Gasteiger partial charge < -0.3 is 32.3 Å². The van der Waals surface area contributed by atoms with E-state index in [1.807, 2.05) is 57.4 Å². The van der Waals surface area contributed by atoms with Gasteiger partial charge in [0.25, 0.3) is 5.91 Å². The molecule has 2 aliphatic rings. The van der Waals surface area contributed by atoms with Gasteiger partial charge in [-0.25, -0.2) is 27.5 Å². The number of hydrogen-bond donors (Lipinski definition) is 2. The number of alkyl halides is 4. The topological polar surface area (TPSA) is 104 Å². The molecule has 2 N–H and O–H groups in total. The molecule has 0 atom stereocenters. The number of amides is 2. The largest absolute Gasteiger partial charge is 2.00 e. The van der Waals surface area contributed by atoms with Crippen molar-refractivity contribution in [2.24, 2.45) is 0 Å². The summed E-state index contributed by atoms with van der Waals surface area (Å²) in [6.07, 6.45) is 6.79. The maximum atomic E-state index is 13.9. The predicted molar refractivity (Wildman–Crippen MR) is 242 cm³/mol. The van der Waals surface area contributed by atoms with Crippen LogP contribution in [-0.4, -0.2) is 112 Å². The molecule has 0 saturated carbocycles. The van der Waals surface area contributed by atoms with Gasteiger partial charge in [0, 0.05) is 84.9 Å². The van der Waals surface area contributed by atoms with Crippen LogP contribution in [0.3, 0.4) is 0 Å². The van der Waals surface area contributed by atoms with Crippen molar-refractivity contribution in [1.29, 1.82) is 0 Å². The van der Waals surface area contributed by atoms with Crippen LogP contribution in [0.1, 0.15) is 75.9 Å². The fourth-order valence-electron chi connectivity index (χ4n) is 7.11. The van der Waals surface area contributed by atoms with Crippen LogP contribution in [0.2, 0.25) is 0 Å². The minimum atomic E-state index is -2.70. The van der Waals surface area contributed by atoms with Crippen LogP contribution >= 0.6 is 27.7 Å². The van der Waals surface area contributed by atoms with Crippen molar-refractivity contribution in [2.75, 3.05) is 52.9 Å². The summed E-state index contributed by atoms with van der Waals surface area (Å²) in [4.78, 5) is 40.0. The van der Waals surface area contributed by atoms with Crippen molar-refractivity contribution in [2.45, 2.75) is 76.0 Å². The average Bonchev–Trinajstić information content (AvgIpc) is 3.44. The molecule has 5 aromatic rings. The molecule has 2 aromatic carbocycles. The van der Waals surface area contributed by atoms with Crippen LogP contribution in [0, 0.1) is 34.3 Å². The van der Waals surface area contributed by atoms with Gasteiger partial charge in [-0.3, -0.25) is 9.59 Å². The van der Waals surface area contributed by atoms with Crippen LogP contribution in [0.5, 0.6) is 0 Å². The summed E-state index contributed by atoms with van der Waals surface area (Å²) < 4.78 is 61.7. The maximum Gasteiger partial charge on any atom is 2.00 e. The number of hydrogen-bond acceptors (Lipinski definition) is 8. The fraction of sp³-hybridized carbons (Fsp3) is 0.356. The zero-order valence-corrected chi connectivity index (χ0v) is 40.9. The first-order valence-electron chi connectivity index (χ1n) is 19.3. The van der Waals surface area contributed by atoms with Crippen molar-refractivity contribution < 1.29 is 31.6 Å². The van der Waals surface area contributed by atoms with E-state index in [-0.39, 0.29) is 103 Å². The van der Waals surface area contributed by atoms with Crippen LogP contribution < -0.4 is 20.4 Å². The monoisotopic (exact) mass is 996 g/mol. The molecule has 0 radical (unpaired) electrons. The Morgan fingerprint density at radius 2 is 1.38 bits per heavy atom. The van der Waals surface area contributed by atoms with Crippen LogP contribution in [0.15, 0.2) is 87.0 Å². The number of carbonyl (C=O) groups excluding carboxylic acids is 2. The Balaban J connectivity index is 0.000000261. The Bertz CT molecular complexity index is 2280. The third kappa shape index (κ3) is 13.1. The minimum Gasteiger partial charge on any atom is -0.464 e. The Labute approximate surface area is 405 Å². The number of thioether (sulfide) groups is 1. The number of nitrogens with one attached hydrogen (secondary N) is 2. The SMILES string of the molecule is CSc1cccc(NC(=O)c2c(N3CCCC(F)(F)CC3)ncc(Br)c2C)c1.Cc1coc(-c2cnc(N3CCCC(F)(F)CC3)c(C(=O)Nc3c[c-]ccc3)c2C)c1.[CH3-].[Sr+2]. The second-order valence-electron chi connectivity index (χ2n) is 14.7. The minimum absolute atomic E-state index is 0. The number of carbonyl (C=O) groups is 2. The molecule has 0 bridgehead atoms. The number of anilines is 4. The van der Waals surface area contributed by atoms with Crippen molar-refractivity contribution >= 4 is 108 Å². The average molecular weight is 998 g/mol. The number of halogens is 5. The van der Waals surface area contributed by atoms with Gasteiger partial charge in [0.15, 0.2) is 0 Å². The molecule has 16 heteroatoms. The van der Waals surface area contributed by atoms with Crippen LogP contribution in [-0.2, 0) is 0 Å². The molecule has 2 aliphatic heterocycles. The van der Waals surface area contributed by atoms with Crippen molar-refractivity contribution in [3.8, 4) is 11.3 Å². The normalized spacial score (nSPS) is 15.8. The number of aromatic nitrogens is 2. The maximum absolute atomic E-state index is 13.9. The zero-order chi connectivity index (χ0) is 42.3. The fourth-order valence-corrected chi connectivity index (χ4v) is 7.87. The molecule has 2 amide bonds. The summed E-state index contributed by atoms with van der Waals surface area (Å²) in [7, 11) is 0. The van der Waals surface area contributed by atoms with Crippen LogP contribution in [0.25, 0.3) is 11.3 Å². The molecule has 5 heterocycles. The molecule has 9 nitrogen and oxygen atoms in total. The first-order valence-corrected chi connectivity index (χ1v) is 21.3. The summed E-state index contributed by atoms with van der Waals surface area (Å²) in [6.45, 7) is 6.75. The van der Waals surface area contributed by atoms with Gasteiger partial charge in [-0.15, -0.1) is 17.8 Å². The van der Waals surface area contributed by atoms with E-state index in [1.54, 1.807) is 64.5 Å². The molecular formula is C45H49BrF4N6O3SSr. The molecule has 0 spiro atoms. The second-order valence-corrected chi connectivity index (χ2v) is 16.5. The Hall–Kier alpha value is -3.41. The zero-order valence-electron chi connectivity index (χ0n) is 35.0.